The maximum atomic E-state index is 12.2. The van der Waals surface area contributed by atoms with Gasteiger partial charge in [0, 0.05) is 6.42 Å². The second kappa shape index (κ2) is 6.86. The molecule has 0 aromatic heterocycles. The molecule has 0 spiro atoms. The number of rotatable bonds is 4. The van der Waals surface area contributed by atoms with Crippen LogP contribution in [0.2, 0.25) is 0 Å². The molecule has 0 bridgehead atoms. The zero-order chi connectivity index (χ0) is 17.0. The van der Waals surface area contributed by atoms with Crippen LogP contribution in [0.1, 0.15) is 12.0 Å². The molecule has 1 amide bonds. The van der Waals surface area contributed by atoms with E-state index in [1.807, 2.05) is 0 Å². The molecule has 0 radical (unpaired) electrons. The molecule has 6 nitrogen and oxygen atoms in total. The zero-order valence-electron chi connectivity index (χ0n) is 11.8. The van der Waals surface area contributed by atoms with E-state index in [0.29, 0.717) is 5.56 Å². The molecule has 126 valence electrons. The average molecular weight is 333 g/mol. The number of aliphatic carboxylic acids is 1. The predicted molar refractivity (Wildman–Crippen MR) is 70.3 cm³/mol. The summed E-state index contributed by atoms with van der Waals surface area (Å²) in [4.78, 5) is 23.8. The van der Waals surface area contributed by atoms with E-state index in [1.54, 1.807) is 30.3 Å². The van der Waals surface area contributed by atoms with Crippen LogP contribution in [0.4, 0.5) is 18.0 Å². The van der Waals surface area contributed by atoms with Gasteiger partial charge in [0.25, 0.3) is 0 Å². The number of likely N-dealkylation sites (tertiary alicyclic amines) is 1. The van der Waals surface area contributed by atoms with Crippen molar-refractivity contribution in [2.75, 3.05) is 6.54 Å². The Hall–Kier alpha value is -2.29. The third-order valence-electron chi connectivity index (χ3n) is 3.29. The molecule has 1 fully saturated rings. The number of carbonyl (C=O) groups is 2. The van der Waals surface area contributed by atoms with Gasteiger partial charge in [0.2, 0.25) is 0 Å². The number of benzene rings is 1. The first-order chi connectivity index (χ1) is 10.8. The normalized spacial score (nSPS) is 21.3. The minimum Gasteiger partial charge on any atom is -0.480 e. The number of hydrogen-bond donors (Lipinski definition) is 1. The number of ether oxygens (including phenoxy) is 2. The van der Waals surface area contributed by atoms with Gasteiger partial charge in [0.1, 0.15) is 12.6 Å². The average Bonchev–Trinajstić information content (AvgIpc) is 2.88. The van der Waals surface area contributed by atoms with E-state index in [-0.39, 0.29) is 6.61 Å². The van der Waals surface area contributed by atoms with E-state index in [4.69, 9.17) is 9.84 Å². The Bertz CT molecular complexity index is 563. The van der Waals surface area contributed by atoms with E-state index >= 15 is 0 Å². The number of halogens is 3. The molecule has 23 heavy (non-hydrogen) atoms. The second-order valence-electron chi connectivity index (χ2n) is 4.97. The molecule has 1 saturated heterocycles. The number of hydrogen-bond acceptors (Lipinski definition) is 4. The zero-order valence-corrected chi connectivity index (χ0v) is 11.8. The van der Waals surface area contributed by atoms with E-state index in [1.165, 1.54) is 0 Å². The number of carboxylic acids is 1. The molecule has 2 atom stereocenters. The smallest absolute Gasteiger partial charge is 0.480 e. The van der Waals surface area contributed by atoms with Gasteiger partial charge in [-0.3, -0.25) is 9.64 Å². The van der Waals surface area contributed by atoms with Crippen molar-refractivity contribution < 1.29 is 37.3 Å². The topological polar surface area (TPSA) is 76.1 Å². The highest BCUT2D eigenvalue weighted by Crippen LogP contribution is 2.28. The number of carbonyl (C=O) groups excluding carboxylic acids is 1. The molecule has 1 aromatic carbocycles. The summed E-state index contributed by atoms with van der Waals surface area (Å²) in [6.45, 7) is -0.600. The number of alkyl halides is 3. The molecular formula is C14H14F3NO5. The van der Waals surface area contributed by atoms with E-state index in [2.05, 4.69) is 4.74 Å². The van der Waals surface area contributed by atoms with Crippen molar-refractivity contribution in [2.45, 2.75) is 31.5 Å². The number of amides is 1. The van der Waals surface area contributed by atoms with E-state index in [0.717, 1.165) is 4.90 Å². The van der Waals surface area contributed by atoms with Crippen molar-refractivity contribution >= 4 is 12.1 Å². The summed E-state index contributed by atoms with van der Waals surface area (Å²) in [6.07, 6.45) is -7.76. The molecule has 0 saturated carbocycles. The Morgan fingerprint density at radius 3 is 2.48 bits per heavy atom. The standard InChI is InChI=1S/C14H14F3NO5/c15-14(16,17)23-10-6-11(12(19)20)18(7-10)13(21)22-8-9-4-2-1-3-5-9/h1-5,10-11H,6-8H2,(H,19,20)/t10-,11-/m0/s1. The monoisotopic (exact) mass is 333 g/mol. The number of nitrogens with zero attached hydrogens (tertiary/aromatic N) is 1. The SMILES string of the molecule is O=C(O)[C@@H]1C[C@H](OC(F)(F)F)CN1C(=O)OCc1ccccc1. The molecule has 1 aromatic rings. The van der Waals surface area contributed by atoms with Crippen LogP contribution in [0.5, 0.6) is 0 Å². The highest BCUT2D eigenvalue weighted by molar-refractivity contribution is 5.80. The summed E-state index contributed by atoms with van der Waals surface area (Å²) in [6, 6.07) is 7.21. The maximum absolute atomic E-state index is 12.2. The van der Waals surface area contributed by atoms with Crippen molar-refractivity contribution in [3.05, 3.63) is 35.9 Å². The molecule has 1 aliphatic heterocycles. The van der Waals surface area contributed by atoms with E-state index in [9.17, 15) is 22.8 Å². The van der Waals surface area contributed by atoms with Crippen molar-refractivity contribution in [2.24, 2.45) is 0 Å². The summed E-state index contributed by atoms with van der Waals surface area (Å²) in [5, 5.41) is 9.05. The van der Waals surface area contributed by atoms with Gasteiger partial charge in [-0.15, -0.1) is 13.2 Å². The van der Waals surface area contributed by atoms with Gasteiger partial charge in [0.15, 0.2) is 0 Å². The molecule has 1 aliphatic rings. The summed E-state index contributed by atoms with van der Waals surface area (Å²) in [7, 11) is 0. The minimum atomic E-state index is -4.89. The van der Waals surface area contributed by atoms with E-state index < -0.39 is 43.5 Å². The molecule has 9 heteroatoms. The van der Waals surface area contributed by atoms with Gasteiger partial charge >= 0.3 is 18.4 Å². The van der Waals surface area contributed by atoms with Crippen molar-refractivity contribution in [1.29, 1.82) is 0 Å². The lowest BCUT2D eigenvalue weighted by Gasteiger charge is -2.20. The van der Waals surface area contributed by atoms with Crippen molar-refractivity contribution in [3.8, 4) is 0 Å². The third-order valence-corrected chi connectivity index (χ3v) is 3.29. The van der Waals surface area contributed by atoms with Gasteiger partial charge in [0.05, 0.1) is 12.6 Å². The lowest BCUT2D eigenvalue weighted by atomic mass is 10.2. The van der Waals surface area contributed by atoms with Crippen LogP contribution in [0.25, 0.3) is 0 Å². The van der Waals surface area contributed by atoms with Crippen LogP contribution in [-0.4, -0.2) is 47.1 Å². The first-order valence-corrected chi connectivity index (χ1v) is 6.71. The molecule has 0 unspecified atom stereocenters. The molecule has 2 rings (SSSR count). The third kappa shape index (κ3) is 4.85. The first kappa shape index (κ1) is 17.1. The van der Waals surface area contributed by atoms with Crippen LogP contribution >= 0.6 is 0 Å². The van der Waals surface area contributed by atoms with Crippen LogP contribution in [0.15, 0.2) is 30.3 Å². The fourth-order valence-corrected chi connectivity index (χ4v) is 2.31. The Kier molecular flexibility index (Phi) is 5.09. The molecule has 1 heterocycles. The number of carboxylic acid groups (broad SMARTS) is 1. The first-order valence-electron chi connectivity index (χ1n) is 6.71. The Morgan fingerprint density at radius 1 is 1.26 bits per heavy atom. The van der Waals surface area contributed by atoms with Crippen molar-refractivity contribution in [3.63, 3.8) is 0 Å². The molecule has 1 N–H and O–H groups in total. The van der Waals surface area contributed by atoms with Gasteiger partial charge in [-0.05, 0) is 5.56 Å². The lowest BCUT2D eigenvalue weighted by molar-refractivity contribution is -0.340. The Morgan fingerprint density at radius 2 is 1.91 bits per heavy atom. The van der Waals surface area contributed by atoms with Crippen LogP contribution < -0.4 is 0 Å². The Labute approximate surface area is 129 Å². The highest BCUT2D eigenvalue weighted by Gasteiger charge is 2.45. The van der Waals surface area contributed by atoms with Crippen molar-refractivity contribution in [1.82, 2.24) is 4.90 Å². The quantitative estimate of drug-likeness (QED) is 0.915. The summed E-state index contributed by atoms with van der Waals surface area (Å²) in [5.41, 5.74) is 0.676. The highest BCUT2D eigenvalue weighted by atomic mass is 19.4. The lowest BCUT2D eigenvalue weighted by Crippen LogP contribution is -2.41. The fraction of sp³-hybridized carbons (Fsp3) is 0.429. The van der Waals surface area contributed by atoms with Gasteiger partial charge in [-0.2, -0.15) is 0 Å². The van der Waals surface area contributed by atoms with Crippen LogP contribution in [0.3, 0.4) is 0 Å². The van der Waals surface area contributed by atoms with Crippen LogP contribution in [-0.2, 0) is 20.9 Å². The van der Waals surface area contributed by atoms with Gasteiger partial charge < -0.3 is 9.84 Å². The fourth-order valence-electron chi connectivity index (χ4n) is 2.31. The maximum Gasteiger partial charge on any atom is 0.522 e. The summed E-state index contributed by atoms with van der Waals surface area (Å²) < 4.78 is 45.5. The molecular weight excluding hydrogens is 319 g/mol. The van der Waals surface area contributed by atoms with Gasteiger partial charge in [-0.1, -0.05) is 30.3 Å². The molecule has 0 aliphatic carbocycles. The largest absolute Gasteiger partial charge is 0.522 e. The Balaban J connectivity index is 1.97. The predicted octanol–water partition coefficient (Wildman–Crippen LogP) is 2.39. The summed E-state index contributed by atoms with van der Waals surface area (Å²) >= 11 is 0. The van der Waals surface area contributed by atoms with Crippen LogP contribution in [0, 0.1) is 0 Å². The summed E-state index contributed by atoms with van der Waals surface area (Å²) in [5.74, 6) is -1.41. The van der Waals surface area contributed by atoms with Gasteiger partial charge in [-0.25, -0.2) is 9.59 Å². The second-order valence-corrected chi connectivity index (χ2v) is 4.97. The minimum absolute atomic E-state index is 0.104.